The van der Waals surface area contributed by atoms with Crippen LogP contribution < -0.4 is 14.4 Å². The van der Waals surface area contributed by atoms with Crippen molar-refractivity contribution < 1.29 is 36.9 Å². The van der Waals surface area contributed by atoms with E-state index in [0.29, 0.717) is 37.3 Å². The minimum atomic E-state index is -0.982. The molecule has 56 heavy (non-hydrogen) atoms. The van der Waals surface area contributed by atoms with Crippen molar-refractivity contribution >= 4 is 33.6 Å². The normalized spacial score (nSPS) is 23.3. The van der Waals surface area contributed by atoms with Gasteiger partial charge in [-0.15, -0.1) is 6.42 Å². The molecule has 1 amide bonds. The highest BCUT2D eigenvalue weighted by molar-refractivity contribution is 6.05. The van der Waals surface area contributed by atoms with Gasteiger partial charge in [-0.3, -0.25) is 9.80 Å². The van der Waals surface area contributed by atoms with Gasteiger partial charge in [0, 0.05) is 49.5 Å². The lowest BCUT2D eigenvalue weighted by Gasteiger charge is -2.42. The number of terminal acetylenes is 1. The van der Waals surface area contributed by atoms with Crippen LogP contribution in [0.5, 0.6) is 11.8 Å². The second kappa shape index (κ2) is 14.3. The molecule has 292 valence electrons. The van der Waals surface area contributed by atoms with Gasteiger partial charge in [0.05, 0.1) is 34.8 Å². The second-order valence-corrected chi connectivity index (χ2v) is 16.2. The van der Waals surface area contributed by atoms with E-state index in [4.69, 9.17) is 30.4 Å². The lowest BCUT2D eigenvalue weighted by atomic mass is 9.90. The number of nitrogens with zero attached hydrogens (tertiary/aromatic N) is 6. The van der Waals surface area contributed by atoms with Crippen molar-refractivity contribution in [2.45, 2.75) is 82.3 Å². The number of carbonyl (C=O) groups is 1. The van der Waals surface area contributed by atoms with Gasteiger partial charge < -0.3 is 23.8 Å². The van der Waals surface area contributed by atoms with E-state index in [1.807, 2.05) is 25.7 Å². The van der Waals surface area contributed by atoms with Crippen LogP contribution in [0.3, 0.4) is 0 Å². The molecule has 4 aliphatic heterocycles. The fourth-order valence-corrected chi connectivity index (χ4v) is 9.15. The van der Waals surface area contributed by atoms with E-state index < -0.39 is 35.0 Å². The average molecular weight is 769 g/mol. The number of halogens is 3. The predicted octanol–water partition coefficient (Wildman–Crippen LogP) is 7.11. The van der Waals surface area contributed by atoms with Gasteiger partial charge in [-0.2, -0.15) is 15.2 Å². The van der Waals surface area contributed by atoms with Gasteiger partial charge in [0.2, 0.25) is 0 Å². The first kappa shape index (κ1) is 37.6. The third-order valence-corrected chi connectivity index (χ3v) is 11.4. The van der Waals surface area contributed by atoms with Crippen LogP contribution in [0.1, 0.15) is 64.0 Å². The summed E-state index contributed by atoms with van der Waals surface area (Å²) in [5.41, 5.74) is -1.53. The van der Waals surface area contributed by atoms with Crippen LogP contribution in [-0.2, 0) is 9.47 Å². The Morgan fingerprint density at radius 3 is 2.55 bits per heavy atom. The Hall–Kier alpha value is -5.31. The van der Waals surface area contributed by atoms with E-state index in [1.54, 1.807) is 11.0 Å². The largest absolute Gasteiger partial charge is 0.468 e. The maximum Gasteiger partial charge on any atom is 0.410 e. The quantitative estimate of drug-likeness (QED) is 0.136. The number of methoxy groups -OCH3 is 1. The minimum absolute atomic E-state index is 0.0678. The minimum Gasteiger partial charge on any atom is -0.468 e. The molecular formula is C42H43F3N6O5. The molecule has 0 aliphatic carbocycles. The maximum absolute atomic E-state index is 17.6. The monoisotopic (exact) mass is 768 g/mol. The molecule has 4 aliphatic rings. The van der Waals surface area contributed by atoms with Crippen LogP contribution in [-0.4, -0.2) is 102 Å². The summed E-state index contributed by atoms with van der Waals surface area (Å²) in [6.45, 7) is 7.27. The molecule has 8 rings (SSSR count). The number of benzene rings is 3. The Labute approximate surface area is 323 Å². The molecule has 14 heteroatoms. The lowest BCUT2D eigenvalue weighted by molar-refractivity contribution is 0.0122. The molecular weight excluding hydrogens is 725 g/mol. The van der Waals surface area contributed by atoms with Gasteiger partial charge in [-0.05, 0) is 88.2 Å². The van der Waals surface area contributed by atoms with Crippen molar-refractivity contribution in [2.75, 3.05) is 51.6 Å². The number of alkyl halides is 1. The van der Waals surface area contributed by atoms with Gasteiger partial charge in [0.15, 0.2) is 12.6 Å². The van der Waals surface area contributed by atoms with Crippen LogP contribution in [0.2, 0.25) is 0 Å². The molecule has 0 N–H and O–H groups in total. The number of ether oxygens (including phenoxy) is 4. The van der Waals surface area contributed by atoms with E-state index in [1.165, 1.54) is 31.4 Å². The molecule has 4 aromatic rings. The standard InChI is InChI=1S/C42H43F3N6O5/c1-6-30-33(44)11-8-24-14-29(55-23-53-5)16-31(34(24)30)35-25(18-46)15-32-37(36(35)45)47-39(54-22-42-12-7-13-50(42)19-26(43)17-42)48-38(32)49-20-27-9-10-28(21-49)51(27)40(52)56-41(2,3)4/h1,8,11,14-16,26-28H,7,9-10,12-13,17,19-23H2,2-5H3/t26-,27-,28+,42+/m1/s1. The first-order valence-corrected chi connectivity index (χ1v) is 18.9. The number of anilines is 1. The molecule has 4 atom stereocenters. The van der Waals surface area contributed by atoms with Crippen molar-refractivity contribution in [3.63, 3.8) is 0 Å². The van der Waals surface area contributed by atoms with Crippen LogP contribution in [0, 0.1) is 35.3 Å². The Morgan fingerprint density at radius 1 is 1.09 bits per heavy atom. The topological polar surface area (TPSA) is 113 Å². The predicted molar refractivity (Wildman–Crippen MR) is 203 cm³/mol. The highest BCUT2D eigenvalue weighted by Gasteiger charge is 2.50. The van der Waals surface area contributed by atoms with Crippen LogP contribution in [0.25, 0.3) is 32.8 Å². The van der Waals surface area contributed by atoms with E-state index in [9.17, 15) is 14.4 Å². The van der Waals surface area contributed by atoms with E-state index >= 15 is 8.78 Å². The molecule has 4 fully saturated rings. The summed E-state index contributed by atoms with van der Waals surface area (Å²) in [6.07, 6.45) is 7.88. The van der Waals surface area contributed by atoms with E-state index in [0.717, 1.165) is 32.2 Å². The lowest BCUT2D eigenvalue weighted by Crippen LogP contribution is -2.57. The number of carbonyl (C=O) groups excluding carboxylic acids is 1. The molecule has 0 unspecified atom stereocenters. The number of aromatic nitrogens is 2. The summed E-state index contributed by atoms with van der Waals surface area (Å²) in [5, 5.41) is 11.6. The first-order chi connectivity index (χ1) is 26.8. The fraction of sp³-hybridized carbons (Fsp3) is 0.476. The molecule has 2 bridgehead atoms. The summed E-state index contributed by atoms with van der Waals surface area (Å²) in [6, 6.07) is 9.03. The summed E-state index contributed by atoms with van der Waals surface area (Å²) in [4.78, 5) is 28.7. The Kier molecular flexibility index (Phi) is 9.62. The molecule has 3 aromatic carbocycles. The summed E-state index contributed by atoms with van der Waals surface area (Å²) in [7, 11) is 1.46. The van der Waals surface area contributed by atoms with Gasteiger partial charge in [-0.25, -0.2) is 18.0 Å². The molecule has 4 saturated heterocycles. The second-order valence-electron chi connectivity index (χ2n) is 16.2. The molecule has 5 heterocycles. The molecule has 11 nitrogen and oxygen atoms in total. The highest BCUT2D eigenvalue weighted by Crippen LogP contribution is 2.44. The highest BCUT2D eigenvalue weighted by atomic mass is 19.1. The number of fused-ring (bicyclic) bond motifs is 5. The van der Waals surface area contributed by atoms with E-state index in [-0.39, 0.29) is 75.8 Å². The number of rotatable bonds is 8. The fourth-order valence-electron chi connectivity index (χ4n) is 9.15. The third-order valence-electron chi connectivity index (χ3n) is 11.4. The SMILES string of the molecule is C#Cc1c(F)ccc2cc(OCOC)cc(-c3c(C#N)cc4c(N5C[C@H]6CC[C@@H](C5)N6C(=O)OC(C)(C)C)nc(OC[C@@]56CCCN5C[C@H](F)C6)nc4c3F)c12. The number of hydrogen-bond donors (Lipinski definition) is 0. The average Bonchev–Trinajstić information content (AvgIpc) is 3.78. The van der Waals surface area contributed by atoms with Crippen LogP contribution in [0.15, 0.2) is 30.3 Å². The Morgan fingerprint density at radius 2 is 1.86 bits per heavy atom. The molecule has 0 spiro atoms. The van der Waals surface area contributed by atoms with Gasteiger partial charge >= 0.3 is 12.1 Å². The Bertz CT molecular complexity index is 2310. The van der Waals surface area contributed by atoms with Gasteiger partial charge in [-0.1, -0.05) is 12.0 Å². The van der Waals surface area contributed by atoms with Crippen LogP contribution in [0.4, 0.5) is 23.8 Å². The van der Waals surface area contributed by atoms with Crippen molar-refractivity contribution in [3.05, 3.63) is 53.1 Å². The maximum atomic E-state index is 17.6. The number of nitriles is 1. The third kappa shape index (κ3) is 6.58. The summed E-state index contributed by atoms with van der Waals surface area (Å²) < 4.78 is 70.5. The zero-order chi connectivity index (χ0) is 39.5. The molecule has 0 saturated carbocycles. The summed E-state index contributed by atoms with van der Waals surface area (Å²) >= 11 is 0. The zero-order valence-electron chi connectivity index (χ0n) is 31.8. The summed E-state index contributed by atoms with van der Waals surface area (Å²) in [5.74, 6) is 1.46. The van der Waals surface area contributed by atoms with Gasteiger partial charge in [0.25, 0.3) is 0 Å². The van der Waals surface area contributed by atoms with Crippen molar-refractivity contribution in [2.24, 2.45) is 0 Å². The van der Waals surface area contributed by atoms with E-state index in [2.05, 4.69) is 21.9 Å². The smallest absolute Gasteiger partial charge is 0.410 e. The Balaban J connectivity index is 1.29. The van der Waals surface area contributed by atoms with Crippen molar-refractivity contribution in [1.82, 2.24) is 19.8 Å². The molecule has 1 aromatic heterocycles. The number of amides is 1. The zero-order valence-corrected chi connectivity index (χ0v) is 31.8. The molecule has 0 radical (unpaired) electrons. The van der Waals surface area contributed by atoms with Gasteiger partial charge in [0.1, 0.15) is 41.3 Å². The number of hydrogen-bond acceptors (Lipinski definition) is 10. The van der Waals surface area contributed by atoms with Crippen molar-refractivity contribution in [3.8, 4) is 41.3 Å². The first-order valence-electron chi connectivity index (χ1n) is 18.9. The van der Waals surface area contributed by atoms with Crippen molar-refractivity contribution in [1.29, 1.82) is 5.26 Å². The number of piperazine rings is 1. The van der Waals surface area contributed by atoms with Crippen LogP contribution >= 0.6 is 0 Å².